The van der Waals surface area contributed by atoms with E-state index in [1.807, 2.05) is 30.3 Å². The summed E-state index contributed by atoms with van der Waals surface area (Å²) < 4.78 is 18.8. The third-order valence-corrected chi connectivity index (χ3v) is 4.37. The second kappa shape index (κ2) is 8.47. The Morgan fingerprint density at radius 3 is 2.08 bits per heavy atom. The van der Waals surface area contributed by atoms with E-state index in [1.165, 1.54) is 12.1 Å². The van der Waals surface area contributed by atoms with Crippen LogP contribution in [0, 0.1) is 5.82 Å². The van der Waals surface area contributed by atoms with Crippen molar-refractivity contribution in [1.82, 2.24) is 9.80 Å². The average Bonchev–Trinajstić information content (AvgIpc) is 2.68. The molecule has 1 fully saturated rings. The summed E-state index contributed by atoms with van der Waals surface area (Å²) in [5, 5.41) is 0. The van der Waals surface area contributed by atoms with Crippen LogP contribution < -0.4 is 4.74 Å². The fourth-order valence-electron chi connectivity index (χ4n) is 2.88. The number of piperazine rings is 1. The van der Waals surface area contributed by atoms with E-state index in [1.54, 1.807) is 21.9 Å². The van der Waals surface area contributed by atoms with Crippen LogP contribution in [0.5, 0.6) is 5.75 Å². The Kier molecular flexibility index (Phi) is 5.84. The number of para-hydroxylation sites is 1. The van der Waals surface area contributed by atoms with Crippen molar-refractivity contribution in [3.63, 3.8) is 0 Å². The molecule has 0 aromatic heterocycles. The molecule has 6 heteroatoms. The van der Waals surface area contributed by atoms with Gasteiger partial charge in [-0.3, -0.25) is 9.59 Å². The van der Waals surface area contributed by atoms with Crippen LogP contribution in [0.15, 0.2) is 54.6 Å². The summed E-state index contributed by atoms with van der Waals surface area (Å²) in [6, 6.07) is 15.6. The van der Waals surface area contributed by atoms with Crippen molar-refractivity contribution < 1.29 is 18.7 Å². The van der Waals surface area contributed by atoms with E-state index in [0.29, 0.717) is 32.6 Å². The molecular formula is C20H21FN2O3. The summed E-state index contributed by atoms with van der Waals surface area (Å²) in [5.74, 6) is -0.566. The molecule has 2 amide bonds. The Labute approximate surface area is 152 Å². The molecule has 0 saturated carbocycles. The van der Waals surface area contributed by atoms with Gasteiger partial charge in [0.15, 0.2) is 18.2 Å². The van der Waals surface area contributed by atoms with Crippen molar-refractivity contribution in [2.75, 3.05) is 32.8 Å². The molecule has 1 aliphatic heterocycles. The van der Waals surface area contributed by atoms with Crippen LogP contribution in [0.25, 0.3) is 0 Å². The number of nitrogens with zero attached hydrogens (tertiary/aromatic N) is 2. The highest BCUT2D eigenvalue weighted by Gasteiger charge is 2.24. The normalized spacial score (nSPS) is 14.2. The van der Waals surface area contributed by atoms with Crippen molar-refractivity contribution in [3.8, 4) is 5.75 Å². The quantitative estimate of drug-likeness (QED) is 0.825. The van der Waals surface area contributed by atoms with Gasteiger partial charge in [0.05, 0.1) is 6.42 Å². The summed E-state index contributed by atoms with van der Waals surface area (Å²) in [7, 11) is 0. The molecule has 0 spiro atoms. The maximum Gasteiger partial charge on any atom is 0.260 e. The maximum atomic E-state index is 13.5. The van der Waals surface area contributed by atoms with Crippen molar-refractivity contribution >= 4 is 11.8 Å². The smallest absolute Gasteiger partial charge is 0.260 e. The van der Waals surface area contributed by atoms with Crippen LogP contribution in [-0.4, -0.2) is 54.4 Å². The van der Waals surface area contributed by atoms with Gasteiger partial charge < -0.3 is 14.5 Å². The van der Waals surface area contributed by atoms with Crippen LogP contribution in [0.4, 0.5) is 4.39 Å². The lowest BCUT2D eigenvalue weighted by molar-refractivity contribution is -0.140. The topological polar surface area (TPSA) is 49.9 Å². The zero-order valence-electron chi connectivity index (χ0n) is 14.4. The molecule has 26 heavy (non-hydrogen) atoms. The molecule has 0 radical (unpaired) electrons. The molecule has 2 aromatic rings. The lowest BCUT2D eigenvalue weighted by atomic mass is 10.1. The zero-order valence-corrected chi connectivity index (χ0v) is 14.4. The number of ether oxygens (including phenoxy) is 1. The summed E-state index contributed by atoms with van der Waals surface area (Å²) >= 11 is 0. The minimum Gasteiger partial charge on any atom is -0.481 e. The standard InChI is InChI=1S/C20H21FN2O3/c21-17-8-4-5-9-18(17)26-15-20(25)23-12-10-22(11-13-23)19(24)14-16-6-2-1-3-7-16/h1-9H,10-15H2. The van der Waals surface area contributed by atoms with Gasteiger partial charge in [0.2, 0.25) is 5.91 Å². The Hall–Kier alpha value is -2.89. The fraction of sp³-hybridized carbons (Fsp3) is 0.300. The third-order valence-electron chi connectivity index (χ3n) is 4.37. The number of hydrogen-bond acceptors (Lipinski definition) is 3. The van der Waals surface area contributed by atoms with Crippen LogP contribution in [0.3, 0.4) is 0 Å². The summed E-state index contributed by atoms with van der Waals surface area (Å²) in [5.41, 5.74) is 0.981. The SMILES string of the molecule is O=C(COc1ccccc1F)N1CCN(C(=O)Cc2ccccc2)CC1. The molecule has 1 aliphatic rings. The number of benzene rings is 2. The van der Waals surface area contributed by atoms with Crippen molar-refractivity contribution in [2.45, 2.75) is 6.42 Å². The molecule has 0 unspecified atom stereocenters. The highest BCUT2D eigenvalue weighted by atomic mass is 19.1. The van der Waals surface area contributed by atoms with Gasteiger partial charge in [-0.15, -0.1) is 0 Å². The minimum absolute atomic E-state index is 0.0610. The van der Waals surface area contributed by atoms with Gasteiger partial charge in [0.25, 0.3) is 5.91 Å². The zero-order chi connectivity index (χ0) is 18.4. The molecule has 0 bridgehead atoms. The Morgan fingerprint density at radius 1 is 0.846 bits per heavy atom. The predicted octanol–water partition coefficient (Wildman–Crippen LogP) is 2.12. The van der Waals surface area contributed by atoms with E-state index in [4.69, 9.17) is 4.74 Å². The van der Waals surface area contributed by atoms with E-state index < -0.39 is 5.82 Å². The van der Waals surface area contributed by atoms with E-state index in [0.717, 1.165) is 5.56 Å². The second-order valence-corrected chi connectivity index (χ2v) is 6.14. The number of hydrogen-bond donors (Lipinski definition) is 0. The number of carbonyl (C=O) groups excluding carboxylic acids is 2. The lowest BCUT2D eigenvalue weighted by Crippen LogP contribution is -2.52. The van der Waals surface area contributed by atoms with Gasteiger partial charge in [-0.1, -0.05) is 42.5 Å². The summed E-state index contributed by atoms with van der Waals surface area (Å²) in [6.45, 7) is 1.70. The fourth-order valence-corrected chi connectivity index (χ4v) is 2.88. The number of carbonyl (C=O) groups is 2. The Bertz CT molecular complexity index is 759. The molecule has 2 aromatic carbocycles. The molecule has 136 valence electrons. The number of halogens is 1. The number of amides is 2. The molecule has 5 nitrogen and oxygen atoms in total. The van der Waals surface area contributed by atoms with E-state index >= 15 is 0 Å². The van der Waals surface area contributed by atoms with Crippen LogP contribution >= 0.6 is 0 Å². The molecule has 3 rings (SSSR count). The Morgan fingerprint density at radius 2 is 1.42 bits per heavy atom. The van der Waals surface area contributed by atoms with Crippen molar-refractivity contribution in [3.05, 3.63) is 66.0 Å². The molecule has 0 N–H and O–H groups in total. The highest BCUT2D eigenvalue weighted by molar-refractivity contribution is 5.80. The lowest BCUT2D eigenvalue weighted by Gasteiger charge is -2.34. The first kappa shape index (κ1) is 17.9. The van der Waals surface area contributed by atoms with E-state index in [9.17, 15) is 14.0 Å². The molecule has 0 atom stereocenters. The minimum atomic E-state index is -0.489. The highest BCUT2D eigenvalue weighted by Crippen LogP contribution is 2.15. The Balaban J connectivity index is 1.45. The maximum absolute atomic E-state index is 13.5. The van der Waals surface area contributed by atoms with Crippen molar-refractivity contribution in [2.24, 2.45) is 0 Å². The predicted molar refractivity (Wildman–Crippen MR) is 95.2 cm³/mol. The first-order chi connectivity index (χ1) is 12.6. The van der Waals surface area contributed by atoms with Gasteiger partial charge >= 0.3 is 0 Å². The van der Waals surface area contributed by atoms with Crippen LogP contribution in [-0.2, 0) is 16.0 Å². The number of rotatable bonds is 5. The average molecular weight is 356 g/mol. The van der Waals surface area contributed by atoms with Crippen molar-refractivity contribution in [1.29, 1.82) is 0 Å². The van der Waals surface area contributed by atoms with E-state index in [-0.39, 0.29) is 24.2 Å². The molecule has 0 aliphatic carbocycles. The van der Waals surface area contributed by atoms with Gasteiger partial charge in [-0.2, -0.15) is 0 Å². The van der Waals surface area contributed by atoms with Crippen LogP contribution in [0.2, 0.25) is 0 Å². The second-order valence-electron chi connectivity index (χ2n) is 6.14. The first-order valence-corrected chi connectivity index (χ1v) is 8.60. The molecule has 1 heterocycles. The van der Waals surface area contributed by atoms with Gasteiger partial charge in [-0.05, 0) is 17.7 Å². The van der Waals surface area contributed by atoms with Gasteiger partial charge in [0, 0.05) is 26.2 Å². The van der Waals surface area contributed by atoms with E-state index in [2.05, 4.69) is 0 Å². The monoisotopic (exact) mass is 356 g/mol. The molecular weight excluding hydrogens is 335 g/mol. The molecule has 1 saturated heterocycles. The largest absolute Gasteiger partial charge is 0.481 e. The summed E-state index contributed by atoms with van der Waals surface area (Å²) in [4.78, 5) is 28.0. The first-order valence-electron chi connectivity index (χ1n) is 8.60. The summed E-state index contributed by atoms with van der Waals surface area (Å²) in [6.07, 6.45) is 0.366. The third kappa shape index (κ3) is 4.59. The van der Waals surface area contributed by atoms with Crippen LogP contribution in [0.1, 0.15) is 5.56 Å². The van der Waals surface area contributed by atoms with Gasteiger partial charge in [-0.25, -0.2) is 4.39 Å². The van der Waals surface area contributed by atoms with Gasteiger partial charge in [0.1, 0.15) is 0 Å².